The number of ether oxygens (including phenoxy) is 1. The van der Waals surface area contributed by atoms with Crippen LogP contribution in [0.4, 0.5) is 0 Å². The summed E-state index contributed by atoms with van der Waals surface area (Å²) >= 11 is 0. The van der Waals surface area contributed by atoms with Crippen molar-refractivity contribution in [2.75, 3.05) is 13.2 Å². The molecule has 0 aromatic heterocycles. The largest absolute Gasteiger partial charge is 0.466 e. The Morgan fingerprint density at radius 2 is 0.543 bits per heavy atom. The second-order valence-electron chi connectivity index (χ2n) is 29.5. The summed E-state index contributed by atoms with van der Waals surface area (Å²) in [5.74, 6) is -0.00245. The average Bonchev–Trinajstić information content (AvgIpc) is 3.40. The van der Waals surface area contributed by atoms with Gasteiger partial charge in [0.25, 0.3) is 0 Å². The molecule has 2 atom stereocenters. The predicted molar refractivity (Wildman–Crippen MR) is 407 cm³/mol. The molecule has 0 saturated heterocycles. The number of nitrogens with one attached hydrogen (secondary N) is 1. The standard InChI is InChI=1S/C86H167NO5/c1-3-5-7-9-11-13-15-17-19-21-23-43-46-50-54-58-62-66-70-74-78-84(89)83(82-88)87-85(90)79-75-71-67-63-59-55-51-47-44-41-39-37-35-33-31-29-27-25-24-26-28-30-32-34-36-38-40-42-45-49-53-57-61-65-69-73-77-81-92-86(91)80-76-72-68-64-60-56-52-48-22-20-18-16-14-12-10-8-6-4-2/h24,26,30,32,83-84,88-89H,3-23,25,27-29,31,33-82H2,1-2H3,(H,87,90)/b26-24-,32-30-. The maximum atomic E-state index is 12.6. The number of allylic oxidation sites excluding steroid dienone is 4. The van der Waals surface area contributed by atoms with E-state index in [0.29, 0.717) is 25.9 Å². The minimum absolute atomic E-state index is 0.0244. The van der Waals surface area contributed by atoms with Gasteiger partial charge in [0.1, 0.15) is 0 Å². The Morgan fingerprint density at radius 1 is 0.304 bits per heavy atom. The molecule has 0 aliphatic carbocycles. The molecule has 0 radical (unpaired) electrons. The van der Waals surface area contributed by atoms with Crippen LogP contribution in [0.2, 0.25) is 0 Å². The first-order chi connectivity index (χ1) is 45.5. The zero-order chi connectivity index (χ0) is 66.3. The number of amides is 1. The van der Waals surface area contributed by atoms with E-state index in [4.69, 9.17) is 4.74 Å². The van der Waals surface area contributed by atoms with E-state index in [-0.39, 0.29) is 18.5 Å². The number of hydrogen-bond donors (Lipinski definition) is 3. The molecule has 3 N–H and O–H groups in total. The Labute approximate surface area is 577 Å². The van der Waals surface area contributed by atoms with Gasteiger partial charge < -0.3 is 20.3 Å². The van der Waals surface area contributed by atoms with Crippen LogP contribution in [0.3, 0.4) is 0 Å². The maximum Gasteiger partial charge on any atom is 0.305 e. The number of hydrogen-bond acceptors (Lipinski definition) is 5. The van der Waals surface area contributed by atoms with E-state index in [1.807, 2.05) is 0 Å². The SMILES string of the molecule is CCCCCCCCCCCCCCCCCCCCCCC(O)C(CO)NC(=O)CCCCCCCCCCCCCCCCCCC/C=C\C/C=C\CCCCCCCCCCCCCCCOC(=O)CCCCCCCCCCCCCCCCCCCC. The lowest BCUT2D eigenvalue weighted by molar-refractivity contribution is -0.143. The highest BCUT2D eigenvalue weighted by Gasteiger charge is 2.20. The highest BCUT2D eigenvalue weighted by molar-refractivity contribution is 5.76. The lowest BCUT2D eigenvalue weighted by Crippen LogP contribution is -2.45. The van der Waals surface area contributed by atoms with Crippen molar-refractivity contribution in [3.8, 4) is 0 Å². The van der Waals surface area contributed by atoms with Crippen LogP contribution in [0.25, 0.3) is 0 Å². The molecule has 0 aromatic rings. The third-order valence-electron chi connectivity index (χ3n) is 20.3. The van der Waals surface area contributed by atoms with Gasteiger partial charge in [-0.15, -0.1) is 0 Å². The van der Waals surface area contributed by atoms with Crippen molar-refractivity contribution < 1.29 is 24.5 Å². The fourth-order valence-electron chi connectivity index (χ4n) is 13.8. The lowest BCUT2D eigenvalue weighted by Gasteiger charge is -2.22. The summed E-state index contributed by atoms with van der Waals surface area (Å²) in [6.45, 7) is 5.02. The average molecular weight is 1300 g/mol. The molecule has 0 saturated carbocycles. The molecular formula is C86H167NO5. The van der Waals surface area contributed by atoms with Crippen molar-refractivity contribution in [2.24, 2.45) is 0 Å². The summed E-state index contributed by atoms with van der Waals surface area (Å²) in [4.78, 5) is 24.7. The molecule has 0 heterocycles. The van der Waals surface area contributed by atoms with Gasteiger partial charge in [-0.2, -0.15) is 0 Å². The first-order valence-corrected chi connectivity index (χ1v) is 42.6. The smallest absolute Gasteiger partial charge is 0.305 e. The summed E-state index contributed by atoms with van der Waals surface area (Å²) in [7, 11) is 0. The fourth-order valence-corrected chi connectivity index (χ4v) is 13.8. The zero-order valence-electron chi connectivity index (χ0n) is 62.8. The van der Waals surface area contributed by atoms with Gasteiger partial charge >= 0.3 is 5.97 Å². The Morgan fingerprint density at radius 3 is 0.826 bits per heavy atom. The van der Waals surface area contributed by atoms with Crippen molar-refractivity contribution >= 4 is 11.9 Å². The van der Waals surface area contributed by atoms with Crippen molar-refractivity contribution in [3.05, 3.63) is 24.3 Å². The molecule has 0 aromatic carbocycles. The Balaban J connectivity index is 3.34. The van der Waals surface area contributed by atoms with Crippen molar-refractivity contribution in [3.63, 3.8) is 0 Å². The Kier molecular flexibility index (Phi) is 80.3. The van der Waals surface area contributed by atoms with E-state index >= 15 is 0 Å². The van der Waals surface area contributed by atoms with Gasteiger partial charge in [-0.3, -0.25) is 9.59 Å². The third kappa shape index (κ3) is 77.3. The van der Waals surface area contributed by atoms with Crippen molar-refractivity contribution in [2.45, 2.75) is 501 Å². The second kappa shape index (κ2) is 81.8. The number of aliphatic hydroxyl groups is 2. The highest BCUT2D eigenvalue weighted by Crippen LogP contribution is 2.21. The first-order valence-electron chi connectivity index (χ1n) is 42.6. The van der Waals surface area contributed by atoms with E-state index in [9.17, 15) is 19.8 Å². The van der Waals surface area contributed by atoms with Gasteiger partial charge in [0, 0.05) is 12.8 Å². The molecular weight excluding hydrogens is 1130 g/mol. The number of rotatable bonds is 81. The van der Waals surface area contributed by atoms with Crippen LogP contribution in [0.15, 0.2) is 24.3 Å². The number of aliphatic hydroxyl groups excluding tert-OH is 2. The minimum atomic E-state index is -0.663. The normalized spacial score (nSPS) is 12.5. The van der Waals surface area contributed by atoms with Gasteiger partial charge in [-0.1, -0.05) is 443 Å². The maximum absolute atomic E-state index is 12.6. The van der Waals surface area contributed by atoms with E-state index in [1.54, 1.807) is 0 Å². The first kappa shape index (κ1) is 90.3. The predicted octanol–water partition coefficient (Wildman–Crippen LogP) is 28.4. The van der Waals surface area contributed by atoms with Crippen LogP contribution in [0, 0.1) is 0 Å². The number of esters is 1. The van der Waals surface area contributed by atoms with Crippen LogP contribution < -0.4 is 5.32 Å². The zero-order valence-corrected chi connectivity index (χ0v) is 62.8. The minimum Gasteiger partial charge on any atom is -0.466 e. The van der Waals surface area contributed by atoms with Crippen molar-refractivity contribution in [1.82, 2.24) is 5.32 Å². The molecule has 546 valence electrons. The van der Waals surface area contributed by atoms with E-state index in [2.05, 4.69) is 43.5 Å². The third-order valence-corrected chi connectivity index (χ3v) is 20.3. The second-order valence-corrected chi connectivity index (χ2v) is 29.5. The molecule has 2 unspecified atom stereocenters. The molecule has 6 nitrogen and oxygen atoms in total. The lowest BCUT2D eigenvalue weighted by atomic mass is 10.0. The molecule has 0 aliphatic rings. The Hall–Kier alpha value is -1.66. The van der Waals surface area contributed by atoms with E-state index < -0.39 is 12.1 Å². The molecule has 0 rings (SSSR count). The molecule has 6 heteroatoms. The van der Waals surface area contributed by atoms with Gasteiger partial charge in [0.15, 0.2) is 0 Å². The molecule has 0 fully saturated rings. The fraction of sp³-hybridized carbons (Fsp3) is 0.930. The summed E-state index contributed by atoms with van der Waals surface area (Å²) in [6.07, 6.45) is 106. The monoisotopic (exact) mass is 1290 g/mol. The van der Waals surface area contributed by atoms with Crippen LogP contribution >= 0.6 is 0 Å². The molecule has 1 amide bonds. The quantitative estimate of drug-likeness (QED) is 0.0320. The molecule has 0 aliphatic heterocycles. The van der Waals surface area contributed by atoms with Crippen molar-refractivity contribution in [1.29, 1.82) is 0 Å². The topological polar surface area (TPSA) is 95.9 Å². The number of carbonyl (C=O) groups is 2. The number of unbranched alkanes of at least 4 members (excludes halogenated alkanes) is 66. The Bertz CT molecular complexity index is 1450. The summed E-state index contributed by atoms with van der Waals surface area (Å²) < 4.78 is 5.52. The molecule has 0 bridgehead atoms. The molecule has 0 spiro atoms. The van der Waals surface area contributed by atoms with Gasteiger partial charge in [-0.05, 0) is 57.8 Å². The molecule has 92 heavy (non-hydrogen) atoms. The van der Waals surface area contributed by atoms with Gasteiger partial charge in [-0.25, -0.2) is 0 Å². The van der Waals surface area contributed by atoms with Crippen LogP contribution in [-0.2, 0) is 14.3 Å². The van der Waals surface area contributed by atoms with Crippen LogP contribution in [0.1, 0.15) is 489 Å². The summed E-state index contributed by atoms with van der Waals surface area (Å²) in [5, 5.41) is 23.5. The summed E-state index contributed by atoms with van der Waals surface area (Å²) in [5.41, 5.74) is 0. The van der Waals surface area contributed by atoms with Gasteiger partial charge in [0.2, 0.25) is 5.91 Å². The van der Waals surface area contributed by atoms with E-state index in [1.165, 1.54) is 411 Å². The summed E-state index contributed by atoms with van der Waals surface area (Å²) in [6, 6.07) is -0.540. The van der Waals surface area contributed by atoms with Crippen LogP contribution in [-0.4, -0.2) is 47.4 Å². The number of carbonyl (C=O) groups excluding carboxylic acids is 2. The van der Waals surface area contributed by atoms with Gasteiger partial charge in [0.05, 0.1) is 25.4 Å². The highest BCUT2D eigenvalue weighted by atomic mass is 16.5. The van der Waals surface area contributed by atoms with Crippen LogP contribution in [0.5, 0.6) is 0 Å². The van der Waals surface area contributed by atoms with E-state index in [0.717, 1.165) is 44.9 Å².